The van der Waals surface area contributed by atoms with Gasteiger partial charge in [0.25, 0.3) is 5.91 Å². The fourth-order valence-electron chi connectivity index (χ4n) is 7.30. The molecule has 44 heavy (non-hydrogen) atoms. The lowest BCUT2D eigenvalue weighted by molar-refractivity contribution is 0.0135. The summed E-state index contributed by atoms with van der Waals surface area (Å²) in [6.45, 7) is 9.98. The summed E-state index contributed by atoms with van der Waals surface area (Å²) < 4.78 is 29.5. The molecule has 2 aromatic carbocycles. The van der Waals surface area contributed by atoms with Crippen LogP contribution >= 0.6 is 11.6 Å². The van der Waals surface area contributed by atoms with Crippen LogP contribution in [0.15, 0.2) is 65.6 Å². The number of carbonyl (C=O) groups is 1. The number of allylic oxidation sites excluding steroid dienone is 2. The van der Waals surface area contributed by atoms with Gasteiger partial charge in [-0.15, -0.1) is 10.9 Å². The number of ether oxygens (including phenoxy) is 2. The van der Waals surface area contributed by atoms with E-state index in [1.807, 2.05) is 50.3 Å². The quantitative estimate of drug-likeness (QED) is 0.279. The minimum atomic E-state index is -3.18. The van der Waals surface area contributed by atoms with E-state index in [-0.39, 0.29) is 23.2 Å². The molecule has 1 aliphatic heterocycles. The lowest BCUT2D eigenvalue weighted by Crippen LogP contribution is -2.49. The van der Waals surface area contributed by atoms with Crippen molar-refractivity contribution in [3.05, 3.63) is 82.9 Å². The summed E-state index contributed by atoms with van der Waals surface area (Å²) in [5, 5.41) is 6.83. The number of carbonyl (C=O) groups excluding carboxylic acids is 1. The van der Waals surface area contributed by atoms with Crippen LogP contribution in [-0.2, 0) is 26.5 Å². The standard InChI is InChI=1S/C35H46ClN3O4S/c1-5-7-9-24(3)21-44(37,41)38-34(40)26-12-16-33-31(19-26)39(20-27-11-14-29(27)32(6-2)42-4)22-35(23-43-33)17-8-10-25-18-28(36)13-15-30(25)35/h5-7,12-13,15-16,18-19,24,27,29,32H,2,8-11,14,17,20-23H2,1,3-4H3,(H2,37,38,40,41)/b7-5+/t24-,27-,29+,32-,35-,44+/m0/s1. The fraction of sp³-hybridized carbons (Fsp3) is 0.514. The van der Waals surface area contributed by atoms with Crippen LogP contribution in [0.3, 0.4) is 0 Å². The zero-order chi connectivity index (χ0) is 31.5. The maximum Gasteiger partial charge on any atom is 0.286 e. The first-order valence-corrected chi connectivity index (χ1v) is 17.8. The lowest BCUT2D eigenvalue weighted by Gasteiger charge is -2.46. The largest absolute Gasteiger partial charge is 0.490 e. The maximum absolute atomic E-state index is 13.4. The first-order chi connectivity index (χ1) is 21.1. The monoisotopic (exact) mass is 639 g/mol. The molecule has 0 radical (unpaired) electrons. The molecule has 1 spiro atoms. The van der Waals surface area contributed by atoms with E-state index in [4.69, 9.17) is 26.2 Å². The van der Waals surface area contributed by atoms with Crippen molar-refractivity contribution in [3.8, 4) is 5.75 Å². The van der Waals surface area contributed by atoms with Crippen LogP contribution in [0.25, 0.3) is 0 Å². The second-order valence-corrected chi connectivity index (χ2v) is 15.2. The highest BCUT2D eigenvalue weighted by Gasteiger charge is 2.44. The molecule has 1 amide bonds. The average molecular weight is 640 g/mol. The highest BCUT2D eigenvalue weighted by Crippen LogP contribution is 2.47. The van der Waals surface area contributed by atoms with Gasteiger partial charge in [0.1, 0.15) is 15.7 Å². The van der Waals surface area contributed by atoms with Crippen LogP contribution in [0.1, 0.15) is 67.4 Å². The number of rotatable bonds is 10. The van der Waals surface area contributed by atoms with Gasteiger partial charge in [0.2, 0.25) is 0 Å². The van der Waals surface area contributed by atoms with E-state index in [0.29, 0.717) is 24.0 Å². The summed E-state index contributed by atoms with van der Waals surface area (Å²) in [5.41, 5.74) is 3.56. The number of aryl methyl sites for hydroxylation is 1. The molecule has 1 fully saturated rings. The summed E-state index contributed by atoms with van der Waals surface area (Å²) in [6.07, 6.45) is 11.8. The summed E-state index contributed by atoms with van der Waals surface area (Å²) in [4.78, 5) is 15.8. The van der Waals surface area contributed by atoms with Crippen LogP contribution < -0.4 is 14.8 Å². The minimum Gasteiger partial charge on any atom is -0.490 e. The van der Waals surface area contributed by atoms with E-state index in [9.17, 15) is 9.00 Å². The number of hydrogen-bond donors (Lipinski definition) is 1. The Morgan fingerprint density at radius 1 is 1.32 bits per heavy atom. The Balaban J connectivity index is 1.50. The first kappa shape index (κ1) is 32.7. The number of hydrogen-bond acceptors (Lipinski definition) is 5. The summed E-state index contributed by atoms with van der Waals surface area (Å²) in [6, 6.07) is 11.6. The number of methoxy groups -OCH3 is 1. The highest BCUT2D eigenvalue weighted by molar-refractivity contribution is 7.91. The number of nitrogens with zero attached hydrogens (tertiary/aromatic N) is 2. The molecule has 5 rings (SSSR count). The predicted molar refractivity (Wildman–Crippen MR) is 180 cm³/mol. The summed E-state index contributed by atoms with van der Waals surface area (Å²) >= 11 is 6.41. The van der Waals surface area contributed by atoms with Gasteiger partial charge in [0.15, 0.2) is 0 Å². The van der Waals surface area contributed by atoms with Gasteiger partial charge in [-0.3, -0.25) is 4.79 Å². The van der Waals surface area contributed by atoms with Crippen LogP contribution in [0, 0.1) is 17.8 Å². The molecule has 0 aromatic heterocycles. The van der Waals surface area contributed by atoms with Gasteiger partial charge in [0, 0.05) is 42.0 Å². The molecular formula is C35H46ClN3O4S. The van der Waals surface area contributed by atoms with Crippen LogP contribution in [-0.4, -0.2) is 48.8 Å². The zero-order valence-electron chi connectivity index (χ0n) is 26.2. The average Bonchev–Trinajstić information content (AvgIpc) is 3.13. The molecule has 0 unspecified atom stereocenters. The minimum absolute atomic E-state index is 0.00239. The molecule has 238 valence electrons. The van der Waals surface area contributed by atoms with Crippen molar-refractivity contribution in [2.75, 3.05) is 37.5 Å². The molecule has 1 saturated carbocycles. The van der Waals surface area contributed by atoms with Crippen molar-refractivity contribution in [1.29, 1.82) is 0 Å². The molecular weight excluding hydrogens is 594 g/mol. The molecule has 0 saturated heterocycles. The van der Waals surface area contributed by atoms with Crippen molar-refractivity contribution in [1.82, 2.24) is 0 Å². The van der Waals surface area contributed by atoms with Crippen molar-refractivity contribution >= 4 is 33.1 Å². The zero-order valence-corrected chi connectivity index (χ0v) is 27.7. The molecule has 3 aliphatic rings. The third-order valence-electron chi connectivity index (χ3n) is 9.68. The van der Waals surface area contributed by atoms with Gasteiger partial charge in [0.05, 0.1) is 18.4 Å². The first-order valence-electron chi connectivity index (χ1n) is 15.7. The van der Waals surface area contributed by atoms with Gasteiger partial charge in [-0.2, -0.15) is 0 Å². The normalized spacial score (nSPS) is 25.5. The Labute approximate surface area is 268 Å². The maximum atomic E-state index is 13.4. The van der Waals surface area contributed by atoms with E-state index in [2.05, 4.69) is 28.0 Å². The number of halogens is 1. The molecule has 1 heterocycles. The van der Waals surface area contributed by atoms with E-state index < -0.39 is 15.8 Å². The van der Waals surface area contributed by atoms with Crippen molar-refractivity contribution in [2.24, 2.45) is 27.3 Å². The Hall–Kier alpha value is -2.65. The van der Waals surface area contributed by atoms with Crippen LogP contribution in [0.2, 0.25) is 5.02 Å². The van der Waals surface area contributed by atoms with Crippen LogP contribution in [0.5, 0.6) is 5.75 Å². The van der Waals surface area contributed by atoms with Gasteiger partial charge in [-0.05, 0) is 105 Å². The third kappa shape index (κ3) is 7.09. The molecule has 7 nitrogen and oxygen atoms in total. The second kappa shape index (κ2) is 13.8. The molecule has 6 atom stereocenters. The van der Waals surface area contributed by atoms with E-state index >= 15 is 0 Å². The number of benzene rings is 2. The Morgan fingerprint density at radius 3 is 2.84 bits per heavy atom. The topological polar surface area (TPSA) is 94.2 Å². The second-order valence-electron chi connectivity index (χ2n) is 12.9. The Morgan fingerprint density at radius 2 is 2.14 bits per heavy atom. The van der Waals surface area contributed by atoms with Crippen molar-refractivity contribution in [3.63, 3.8) is 0 Å². The smallest absolute Gasteiger partial charge is 0.286 e. The molecule has 2 aromatic rings. The molecule has 0 bridgehead atoms. The van der Waals surface area contributed by atoms with Crippen molar-refractivity contribution in [2.45, 2.75) is 63.9 Å². The Bertz CT molecular complexity index is 1530. The summed E-state index contributed by atoms with van der Waals surface area (Å²) in [5.74, 6) is 1.15. The number of nitrogens with two attached hydrogens (primary N) is 1. The van der Waals surface area contributed by atoms with Gasteiger partial charge in [-0.1, -0.05) is 42.8 Å². The van der Waals surface area contributed by atoms with Gasteiger partial charge in [-0.25, -0.2) is 9.35 Å². The van der Waals surface area contributed by atoms with E-state index in [0.717, 1.165) is 68.1 Å². The molecule has 2 aliphatic carbocycles. The van der Waals surface area contributed by atoms with Gasteiger partial charge >= 0.3 is 0 Å². The summed E-state index contributed by atoms with van der Waals surface area (Å²) in [7, 11) is -1.44. The highest BCUT2D eigenvalue weighted by atomic mass is 35.5. The number of anilines is 1. The third-order valence-corrected chi connectivity index (χ3v) is 11.4. The number of amides is 1. The molecule has 2 N–H and O–H groups in total. The molecule has 9 heteroatoms. The van der Waals surface area contributed by atoms with Crippen molar-refractivity contribution < 1.29 is 18.5 Å². The Kier molecular flexibility index (Phi) is 10.2. The van der Waals surface area contributed by atoms with Crippen LogP contribution in [0.4, 0.5) is 5.69 Å². The van der Waals surface area contributed by atoms with Gasteiger partial charge < -0.3 is 14.4 Å². The van der Waals surface area contributed by atoms with E-state index in [1.165, 1.54) is 11.1 Å². The SMILES string of the molecule is C=C[C@H](OC)[C@@H]1CC[C@H]1CN1C[C@@]2(CCCc3cc(Cl)ccc32)COc2ccc(C(=O)N=[S@@](N)(=O)C[C@@H](C)C/C=C/C)cc21. The number of fused-ring (bicyclic) bond motifs is 3. The lowest BCUT2D eigenvalue weighted by atomic mass is 9.68. The fourth-order valence-corrected chi connectivity index (χ4v) is 8.91. The van der Waals surface area contributed by atoms with E-state index in [1.54, 1.807) is 13.2 Å². The predicted octanol–water partition coefficient (Wildman–Crippen LogP) is 7.12.